The molecule has 2 rings (SSSR count). The molecule has 1 N–H and O–H groups in total. The molecule has 0 aliphatic heterocycles. The second kappa shape index (κ2) is 6.04. The Morgan fingerprint density at radius 3 is 2.62 bits per heavy atom. The molecule has 0 spiro atoms. The Kier molecular flexibility index (Phi) is 4.37. The second-order valence-electron chi connectivity index (χ2n) is 4.11. The van der Waals surface area contributed by atoms with E-state index in [0.717, 1.165) is 11.3 Å². The lowest BCUT2D eigenvalue weighted by molar-refractivity contribution is -0.136. The Morgan fingerprint density at radius 2 is 2.05 bits per heavy atom. The van der Waals surface area contributed by atoms with Crippen LogP contribution in [0.1, 0.15) is 22.6 Å². The highest BCUT2D eigenvalue weighted by atomic mass is 32.1. The fourth-order valence-electron chi connectivity index (χ4n) is 1.78. The molecule has 0 aliphatic carbocycles. The van der Waals surface area contributed by atoms with Crippen molar-refractivity contribution < 1.29 is 28.6 Å². The summed E-state index contributed by atoms with van der Waals surface area (Å²) in [6, 6.07) is 1.53. The van der Waals surface area contributed by atoms with E-state index >= 15 is 0 Å². The number of carbonyl (C=O) groups excluding carboxylic acids is 1. The summed E-state index contributed by atoms with van der Waals surface area (Å²) in [7, 11) is 2.68. The number of halogens is 1. The minimum Gasteiger partial charge on any atom is -0.493 e. The van der Waals surface area contributed by atoms with Gasteiger partial charge in [-0.05, 0) is 0 Å². The quantitative estimate of drug-likeness (QED) is 0.825. The number of ketones is 1. The summed E-state index contributed by atoms with van der Waals surface area (Å²) in [5.41, 5.74) is 0.0105. The number of aromatic nitrogens is 1. The standard InChI is InChI=1S/C13H12FNO5S/c1-19-7-5-8-11(10(14)12(7)20-2)15-13(21-8)6(16)3-4-9(17)18/h5H,3-4H2,1-2H3,(H,17,18). The minimum absolute atomic E-state index is 0.0105. The lowest BCUT2D eigenvalue weighted by Crippen LogP contribution is -2.03. The van der Waals surface area contributed by atoms with Crippen molar-refractivity contribution in [3.63, 3.8) is 0 Å². The number of fused-ring (bicyclic) bond motifs is 1. The van der Waals surface area contributed by atoms with Gasteiger partial charge in [0.25, 0.3) is 0 Å². The number of nitrogens with zero attached hydrogens (tertiary/aromatic N) is 1. The number of benzene rings is 1. The summed E-state index contributed by atoms with van der Waals surface area (Å²) >= 11 is 0.991. The maximum Gasteiger partial charge on any atom is 0.303 e. The molecule has 2 aromatic rings. The van der Waals surface area contributed by atoms with Gasteiger partial charge in [0.05, 0.1) is 25.3 Å². The van der Waals surface area contributed by atoms with Crippen LogP contribution in [0.2, 0.25) is 0 Å². The number of carboxylic acid groups (broad SMARTS) is 1. The van der Waals surface area contributed by atoms with E-state index in [-0.39, 0.29) is 34.9 Å². The average molecular weight is 313 g/mol. The Labute approximate surface area is 123 Å². The van der Waals surface area contributed by atoms with E-state index in [4.69, 9.17) is 14.6 Å². The topological polar surface area (TPSA) is 85.7 Å². The Bertz CT molecular complexity index is 712. The minimum atomic E-state index is -1.07. The zero-order chi connectivity index (χ0) is 15.6. The van der Waals surface area contributed by atoms with Gasteiger partial charge in [-0.25, -0.2) is 9.37 Å². The predicted molar refractivity (Wildman–Crippen MR) is 73.9 cm³/mol. The van der Waals surface area contributed by atoms with Crippen LogP contribution in [0.15, 0.2) is 6.07 Å². The number of thiazole rings is 1. The zero-order valence-electron chi connectivity index (χ0n) is 11.3. The van der Waals surface area contributed by atoms with Crippen LogP contribution in [0.4, 0.5) is 4.39 Å². The van der Waals surface area contributed by atoms with E-state index in [9.17, 15) is 14.0 Å². The van der Waals surface area contributed by atoms with Crippen LogP contribution >= 0.6 is 11.3 Å². The largest absolute Gasteiger partial charge is 0.493 e. The maximum atomic E-state index is 14.2. The molecule has 112 valence electrons. The van der Waals surface area contributed by atoms with Crippen molar-refractivity contribution >= 4 is 33.3 Å². The van der Waals surface area contributed by atoms with Crippen LogP contribution in [0.3, 0.4) is 0 Å². The first-order valence-corrected chi connectivity index (χ1v) is 6.75. The van der Waals surface area contributed by atoms with Crippen molar-refractivity contribution in [3.05, 3.63) is 16.9 Å². The van der Waals surface area contributed by atoms with Crippen LogP contribution in [0, 0.1) is 5.82 Å². The number of methoxy groups -OCH3 is 2. The van der Waals surface area contributed by atoms with Crippen molar-refractivity contribution in [1.29, 1.82) is 0 Å². The Hall–Kier alpha value is -2.22. The third-order valence-corrected chi connectivity index (χ3v) is 3.82. The van der Waals surface area contributed by atoms with Crippen LogP contribution in [-0.2, 0) is 4.79 Å². The molecule has 1 heterocycles. The molecule has 1 aromatic carbocycles. The van der Waals surface area contributed by atoms with E-state index in [1.165, 1.54) is 20.3 Å². The molecular formula is C13H12FNO5S. The molecule has 0 saturated heterocycles. The summed E-state index contributed by atoms with van der Waals surface area (Å²) < 4.78 is 24.6. The molecule has 8 heteroatoms. The summed E-state index contributed by atoms with van der Waals surface area (Å²) in [5.74, 6) is -2.09. The molecule has 0 unspecified atom stereocenters. The van der Waals surface area contributed by atoms with Gasteiger partial charge >= 0.3 is 5.97 Å². The molecule has 6 nitrogen and oxygen atoms in total. The van der Waals surface area contributed by atoms with E-state index in [1.807, 2.05) is 0 Å². The molecule has 0 atom stereocenters. The third-order valence-electron chi connectivity index (χ3n) is 2.78. The number of carbonyl (C=O) groups is 2. The van der Waals surface area contributed by atoms with Crippen LogP contribution in [0.25, 0.3) is 10.2 Å². The van der Waals surface area contributed by atoms with Gasteiger partial charge in [0, 0.05) is 12.5 Å². The number of ether oxygens (including phenoxy) is 2. The second-order valence-corrected chi connectivity index (χ2v) is 5.14. The average Bonchev–Trinajstić information content (AvgIpc) is 2.88. The SMILES string of the molecule is COc1cc2sc(C(=O)CCC(=O)O)nc2c(F)c1OC. The number of Topliss-reactive ketones (excluding diaryl/α,β-unsaturated/α-hetero) is 1. The van der Waals surface area contributed by atoms with Crippen molar-refractivity contribution in [2.45, 2.75) is 12.8 Å². The first kappa shape index (κ1) is 15.2. The van der Waals surface area contributed by atoms with Gasteiger partial charge < -0.3 is 14.6 Å². The monoisotopic (exact) mass is 313 g/mol. The van der Waals surface area contributed by atoms with Crippen molar-refractivity contribution in [1.82, 2.24) is 4.98 Å². The summed E-state index contributed by atoms with van der Waals surface area (Å²) in [5, 5.41) is 8.64. The molecule has 1 aromatic heterocycles. The van der Waals surface area contributed by atoms with E-state index in [0.29, 0.717) is 4.70 Å². The first-order valence-electron chi connectivity index (χ1n) is 5.94. The van der Waals surface area contributed by atoms with Gasteiger partial charge in [-0.3, -0.25) is 9.59 Å². The van der Waals surface area contributed by atoms with Gasteiger partial charge in [-0.2, -0.15) is 0 Å². The van der Waals surface area contributed by atoms with Crippen LogP contribution in [-0.4, -0.2) is 36.1 Å². The number of rotatable bonds is 6. The number of carboxylic acids is 1. The lowest BCUT2D eigenvalue weighted by atomic mass is 10.2. The van der Waals surface area contributed by atoms with Gasteiger partial charge in [-0.15, -0.1) is 11.3 Å². The third kappa shape index (κ3) is 2.94. The Morgan fingerprint density at radius 1 is 1.33 bits per heavy atom. The number of hydrogen-bond acceptors (Lipinski definition) is 6. The van der Waals surface area contributed by atoms with Crippen molar-refractivity contribution in [2.75, 3.05) is 14.2 Å². The predicted octanol–water partition coefficient (Wildman–Crippen LogP) is 2.50. The fraction of sp³-hybridized carbons (Fsp3) is 0.308. The van der Waals surface area contributed by atoms with Gasteiger partial charge in [-0.1, -0.05) is 0 Å². The molecule has 0 radical (unpaired) electrons. The maximum absolute atomic E-state index is 14.2. The van der Waals surface area contributed by atoms with Crippen LogP contribution in [0.5, 0.6) is 11.5 Å². The molecule has 0 saturated carbocycles. The lowest BCUT2D eigenvalue weighted by Gasteiger charge is -2.07. The number of aliphatic carboxylic acids is 1. The molecular weight excluding hydrogens is 301 g/mol. The van der Waals surface area contributed by atoms with E-state index in [1.54, 1.807) is 0 Å². The van der Waals surface area contributed by atoms with Crippen molar-refractivity contribution in [3.8, 4) is 11.5 Å². The van der Waals surface area contributed by atoms with E-state index < -0.39 is 17.6 Å². The smallest absolute Gasteiger partial charge is 0.303 e. The van der Waals surface area contributed by atoms with Gasteiger partial charge in [0.15, 0.2) is 28.1 Å². The fourth-order valence-corrected chi connectivity index (χ4v) is 2.73. The van der Waals surface area contributed by atoms with E-state index in [2.05, 4.69) is 4.98 Å². The van der Waals surface area contributed by atoms with Crippen molar-refractivity contribution in [2.24, 2.45) is 0 Å². The normalized spacial score (nSPS) is 10.6. The summed E-state index contributed by atoms with van der Waals surface area (Å²) in [6.45, 7) is 0. The molecule has 0 amide bonds. The molecule has 21 heavy (non-hydrogen) atoms. The summed E-state index contributed by atoms with van der Waals surface area (Å²) in [4.78, 5) is 26.2. The summed E-state index contributed by atoms with van der Waals surface area (Å²) in [6.07, 6.45) is -0.463. The van der Waals surface area contributed by atoms with Crippen LogP contribution < -0.4 is 9.47 Å². The first-order chi connectivity index (χ1) is 9.97. The highest BCUT2D eigenvalue weighted by Crippen LogP contribution is 2.38. The molecule has 0 fully saturated rings. The van der Waals surface area contributed by atoms with Gasteiger partial charge in [0.1, 0.15) is 5.52 Å². The Balaban J connectivity index is 2.44. The highest BCUT2D eigenvalue weighted by molar-refractivity contribution is 7.20. The molecule has 0 bridgehead atoms. The van der Waals surface area contributed by atoms with Gasteiger partial charge in [0.2, 0.25) is 0 Å². The highest BCUT2D eigenvalue weighted by Gasteiger charge is 2.21. The zero-order valence-corrected chi connectivity index (χ0v) is 12.1. The number of hydrogen-bond donors (Lipinski definition) is 1. The molecule has 0 aliphatic rings.